The molecule has 0 aliphatic carbocycles. The first-order valence-electron chi connectivity index (χ1n) is 6.02. The van der Waals surface area contributed by atoms with Crippen molar-refractivity contribution >= 4 is 5.78 Å². The third-order valence-electron chi connectivity index (χ3n) is 3.37. The number of rotatable bonds is 2. The Bertz CT molecular complexity index is 440. The molecule has 2 rings (SSSR count). The maximum Gasteiger partial charge on any atom is 0.204 e. The van der Waals surface area contributed by atoms with Crippen molar-refractivity contribution in [2.24, 2.45) is 5.92 Å². The van der Waals surface area contributed by atoms with Gasteiger partial charge in [0.25, 0.3) is 0 Å². The van der Waals surface area contributed by atoms with E-state index >= 15 is 0 Å². The van der Waals surface area contributed by atoms with Gasteiger partial charge >= 0.3 is 0 Å². The van der Waals surface area contributed by atoms with Gasteiger partial charge in [-0.2, -0.15) is 0 Å². The molecule has 1 unspecified atom stereocenters. The number of carbonyl (C=O) groups excluding carboxylic acids is 1. The SMILES string of the molecule is Cc1ccc(C(=O)C2CC(C)(C)OC2(C)C)o1. The number of Topliss-reactive ketones (excluding diaryl/α,β-unsaturated/α-hetero) is 1. The van der Waals surface area contributed by atoms with Crippen LogP contribution >= 0.6 is 0 Å². The van der Waals surface area contributed by atoms with Gasteiger partial charge in [0.05, 0.1) is 17.1 Å². The van der Waals surface area contributed by atoms with Crippen LogP contribution < -0.4 is 0 Å². The molecule has 1 aromatic rings. The summed E-state index contributed by atoms with van der Waals surface area (Å²) in [5.41, 5.74) is -0.674. The van der Waals surface area contributed by atoms with Gasteiger partial charge in [-0.1, -0.05) is 0 Å². The number of aryl methyl sites for hydroxylation is 1. The fraction of sp³-hybridized carbons (Fsp3) is 0.643. The molecule has 0 saturated carbocycles. The van der Waals surface area contributed by atoms with E-state index in [-0.39, 0.29) is 17.3 Å². The average molecular weight is 236 g/mol. The van der Waals surface area contributed by atoms with Gasteiger partial charge in [-0.25, -0.2) is 0 Å². The zero-order valence-electron chi connectivity index (χ0n) is 11.2. The van der Waals surface area contributed by atoms with Crippen molar-refractivity contribution in [2.45, 2.75) is 52.2 Å². The number of hydrogen-bond donors (Lipinski definition) is 0. The topological polar surface area (TPSA) is 39.4 Å². The fourth-order valence-electron chi connectivity index (χ4n) is 2.71. The molecule has 1 saturated heterocycles. The van der Waals surface area contributed by atoms with Crippen LogP contribution in [0.4, 0.5) is 0 Å². The number of hydrogen-bond acceptors (Lipinski definition) is 3. The van der Waals surface area contributed by atoms with Crippen LogP contribution in [0.15, 0.2) is 16.5 Å². The molecule has 1 fully saturated rings. The molecule has 17 heavy (non-hydrogen) atoms. The molecule has 0 aromatic carbocycles. The van der Waals surface area contributed by atoms with Crippen LogP contribution in [-0.4, -0.2) is 17.0 Å². The maximum atomic E-state index is 12.4. The Labute approximate surface area is 102 Å². The second kappa shape index (κ2) is 3.70. The monoisotopic (exact) mass is 236 g/mol. The highest BCUT2D eigenvalue weighted by atomic mass is 16.5. The van der Waals surface area contributed by atoms with E-state index in [4.69, 9.17) is 9.15 Å². The average Bonchev–Trinajstić information content (AvgIpc) is 2.66. The molecule has 1 aliphatic heterocycles. The summed E-state index contributed by atoms with van der Waals surface area (Å²) in [6.07, 6.45) is 0.735. The quantitative estimate of drug-likeness (QED) is 0.739. The molecule has 94 valence electrons. The third-order valence-corrected chi connectivity index (χ3v) is 3.37. The molecule has 2 heterocycles. The minimum Gasteiger partial charge on any atom is -0.458 e. The van der Waals surface area contributed by atoms with Gasteiger partial charge in [0.2, 0.25) is 5.78 Å². The highest BCUT2D eigenvalue weighted by molar-refractivity contribution is 5.96. The van der Waals surface area contributed by atoms with E-state index in [1.54, 1.807) is 6.07 Å². The Morgan fingerprint density at radius 1 is 1.29 bits per heavy atom. The van der Waals surface area contributed by atoms with Crippen LogP contribution in [0.5, 0.6) is 0 Å². The van der Waals surface area contributed by atoms with E-state index in [0.717, 1.165) is 12.2 Å². The van der Waals surface area contributed by atoms with Crippen LogP contribution in [-0.2, 0) is 4.74 Å². The molecule has 0 N–H and O–H groups in total. The highest BCUT2D eigenvalue weighted by Crippen LogP contribution is 2.43. The van der Waals surface area contributed by atoms with Crippen molar-refractivity contribution in [1.82, 2.24) is 0 Å². The Morgan fingerprint density at radius 2 is 1.94 bits per heavy atom. The van der Waals surface area contributed by atoms with E-state index in [1.807, 2.05) is 40.7 Å². The fourth-order valence-corrected chi connectivity index (χ4v) is 2.71. The molecular weight excluding hydrogens is 216 g/mol. The lowest BCUT2D eigenvalue weighted by molar-refractivity contribution is -0.0713. The summed E-state index contributed by atoms with van der Waals surface area (Å²) < 4.78 is 11.3. The van der Waals surface area contributed by atoms with Gasteiger partial charge in [0.1, 0.15) is 5.76 Å². The minimum absolute atomic E-state index is 0.0497. The highest BCUT2D eigenvalue weighted by Gasteiger charge is 2.49. The smallest absolute Gasteiger partial charge is 0.204 e. The first-order valence-corrected chi connectivity index (χ1v) is 6.02. The van der Waals surface area contributed by atoms with Crippen molar-refractivity contribution in [1.29, 1.82) is 0 Å². The standard InChI is InChI=1S/C14H20O3/c1-9-6-7-11(16-9)12(15)10-8-13(2,3)17-14(10,4)5/h6-7,10H,8H2,1-5H3. The van der Waals surface area contributed by atoms with E-state index in [0.29, 0.717) is 5.76 Å². The Morgan fingerprint density at radius 3 is 2.35 bits per heavy atom. The summed E-state index contributed by atoms with van der Waals surface area (Å²) in [4.78, 5) is 12.4. The summed E-state index contributed by atoms with van der Waals surface area (Å²) in [7, 11) is 0. The largest absolute Gasteiger partial charge is 0.458 e. The van der Waals surface area contributed by atoms with Gasteiger partial charge in [0.15, 0.2) is 5.76 Å². The lowest BCUT2D eigenvalue weighted by Crippen LogP contribution is -2.33. The number of ether oxygens (including phenoxy) is 1. The van der Waals surface area contributed by atoms with Crippen LogP contribution in [0.2, 0.25) is 0 Å². The number of carbonyl (C=O) groups is 1. The molecule has 1 aromatic heterocycles. The van der Waals surface area contributed by atoms with Crippen molar-refractivity contribution in [3.63, 3.8) is 0 Å². The van der Waals surface area contributed by atoms with Crippen molar-refractivity contribution in [3.8, 4) is 0 Å². The van der Waals surface area contributed by atoms with E-state index in [1.165, 1.54) is 0 Å². The van der Waals surface area contributed by atoms with Gasteiger partial charge in [0, 0.05) is 0 Å². The Kier molecular flexibility index (Phi) is 2.69. The van der Waals surface area contributed by atoms with Crippen molar-refractivity contribution in [3.05, 3.63) is 23.7 Å². The number of furan rings is 1. The normalized spacial score (nSPS) is 26.1. The summed E-state index contributed by atoms with van der Waals surface area (Å²) in [6.45, 7) is 9.84. The molecule has 1 atom stereocenters. The van der Waals surface area contributed by atoms with Crippen LogP contribution in [0.25, 0.3) is 0 Å². The lowest BCUT2D eigenvalue weighted by Gasteiger charge is -2.26. The van der Waals surface area contributed by atoms with Crippen molar-refractivity contribution in [2.75, 3.05) is 0 Å². The second-order valence-electron chi connectivity index (χ2n) is 6.00. The lowest BCUT2D eigenvalue weighted by atomic mass is 9.83. The van der Waals surface area contributed by atoms with E-state index in [9.17, 15) is 4.79 Å². The summed E-state index contributed by atoms with van der Waals surface area (Å²) in [5.74, 6) is 1.13. The predicted octanol–water partition coefficient (Wildman–Crippen LogP) is 3.36. The molecule has 0 amide bonds. The second-order valence-corrected chi connectivity index (χ2v) is 6.00. The van der Waals surface area contributed by atoms with E-state index in [2.05, 4.69) is 0 Å². The predicted molar refractivity (Wildman–Crippen MR) is 65.1 cm³/mol. The van der Waals surface area contributed by atoms with Gasteiger partial charge < -0.3 is 9.15 Å². The molecule has 1 aliphatic rings. The first kappa shape index (κ1) is 12.4. The maximum absolute atomic E-state index is 12.4. The van der Waals surface area contributed by atoms with E-state index < -0.39 is 5.60 Å². The first-order chi connectivity index (χ1) is 7.71. The Balaban J connectivity index is 2.26. The molecule has 0 radical (unpaired) electrons. The third kappa shape index (κ3) is 2.29. The molecular formula is C14H20O3. The Hall–Kier alpha value is -1.09. The number of ketones is 1. The van der Waals surface area contributed by atoms with Crippen molar-refractivity contribution < 1.29 is 13.9 Å². The molecule has 0 spiro atoms. The summed E-state index contributed by atoms with van der Waals surface area (Å²) >= 11 is 0. The molecule has 0 bridgehead atoms. The minimum atomic E-state index is -0.429. The summed E-state index contributed by atoms with van der Waals surface area (Å²) in [6, 6.07) is 3.57. The van der Waals surface area contributed by atoms with Crippen LogP contribution in [0, 0.1) is 12.8 Å². The molecule has 3 heteroatoms. The van der Waals surface area contributed by atoms with Gasteiger partial charge in [-0.15, -0.1) is 0 Å². The van der Waals surface area contributed by atoms with Crippen LogP contribution in [0.1, 0.15) is 50.4 Å². The summed E-state index contributed by atoms with van der Waals surface area (Å²) in [5, 5.41) is 0. The zero-order chi connectivity index (χ0) is 12.8. The zero-order valence-corrected chi connectivity index (χ0v) is 11.2. The van der Waals surface area contributed by atoms with Crippen LogP contribution in [0.3, 0.4) is 0 Å². The van der Waals surface area contributed by atoms with Gasteiger partial charge in [-0.05, 0) is 53.2 Å². The van der Waals surface area contributed by atoms with Gasteiger partial charge in [-0.3, -0.25) is 4.79 Å². The molecule has 3 nitrogen and oxygen atoms in total.